The van der Waals surface area contributed by atoms with Gasteiger partial charge >= 0.3 is 0 Å². The highest BCUT2D eigenvalue weighted by Gasteiger charge is 2.20. The zero-order chi connectivity index (χ0) is 24.8. The molecular weight excluding hydrogens is 470 g/mol. The third-order valence-corrected chi connectivity index (χ3v) is 5.50. The molecule has 0 saturated heterocycles. The Bertz CT molecular complexity index is 1310. The van der Waals surface area contributed by atoms with Gasteiger partial charge in [-0.25, -0.2) is 4.98 Å². The van der Waals surface area contributed by atoms with Crippen LogP contribution in [-0.4, -0.2) is 34.9 Å². The first-order valence-electron chi connectivity index (χ1n) is 10.8. The molecule has 0 saturated carbocycles. The summed E-state index contributed by atoms with van der Waals surface area (Å²) < 4.78 is 5.45. The molecule has 4 rings (SSSR count). The van der Waals surface area contributed by atoms with E-state index in [4.69, 9.17) is 21.6 Å². The lowest BCUT2D eigenvalue weighted by atomic mass is 10.1. The number of anilines is 5. The molecule has 2 aromatic carbocycles. The highest BCUT2D eigenvalue weighted by Crippen LogP contribution is 2.31. The number of carbonyl (C=O) groups excluding carboxylic acids is 2. The summed E-state index contributed by atoms with van der Waals surface area (Å²) in [6.07, 6.45) is 1.71. The van der Waals surface area contributed by atoms with E-state index in [1.165, 1.54) is 13.1 Å². The van der Waals surface area contributed by atoms with Crippen molar-refractivity contribution in [2.45, 2.75) is 19.9 Å². The molecule has 35 heavy (non-hydrogen) atoms. The molecule has 0 unspecified atom stereocenters. The second-order valence-electron chi connectivity index (χ2n) is 7.62. The number of ether oxygens (including phenoxy) is 1. The number of rotatable bonds is 6. The summed E-state index contributed by atoms with van der Waals surface area (Å²) in [7, 11) is 0. The zero-order valence-corrected chi connectivity index (χ0v) is 19.6. The maximum absolute atomic E-state index is 12.1. The third-order valence-electron chi connectivity index (χ3n) is 5.22. The van der Waals surface area contributed by atoms with Gasteiger partial charge < -0.3 is 25.6 Å². The summed E-state index contributed by atoms with van der Waals surface area (Å²) in [6.45, 7) is 1.99. The lowest BCUT2D eigenvalue weighted by Gasteiger charge is -2.27. The monoisotopic (exact) mass is 491 g/mol. The van der Waals surface area contributed by atoms with Crippen molar-refractivity contribution < 1.29 is 14.3 Å². The van der Waals surface area contributed by atoms with Crippen LogP contribution in [0.5, 0.6) is 5.75 Å². The molecule has 2 amide bonds. The van der Waals surface area contributed by atoms with Gasteiger partial charge in [0.15, 0.2) is 12.4 Å². The maximum Gasteiger partial charge on any atom is 0.229 e. The van der Waals surface area contributed by atoms with Crippen LogP contribution in [0.1, 0.15) is 18.9 Å². The number of hydrogen-bond donors (Lipinski definition) is 3. The number of fused-ring (bicyclic) bond motifs is 1. The van der Waals surface area contributed by atoms with Crippen LogP contribution in [0.4, 0.5) is 28.8 Å². The van der Waals surface area contributed by atoms with Crippen LogP contribution >= 0.6 is 11.6 Å². The molecule has 1 aliphatic rings. The Morgan fingerprint density at radius 2 is 2.11 bits per heavy atom. The minimum Gasteiger partial charge on any atom is -0.477 e. The van der Waals surface area contributed by atoms with Crippen molar-refractivity contribution in [1.82, 2.24) is 15.3 Å². The van der Waals surface area contributed by atoms with Gasteiger partial charge in [0.05, 0.1) is 11.9 Å². The van der Waals surface area contributed by atoms with Gasteiger partial charge in [-0.15, -0.1) is 0 Å². The van der Waals surface area contributed by atoms with E-state index in [-0.39, 0.29) is 30.8 Å². The average molecular weight is 492 g/mol. The van der Waals surface area contributed by atoms with E-state index in [0.717, 1.165) is 11.3 Å². The molecule has 0 radical (unpaired) electrons. The first-order chi connectivity index (χ1) is 16.9. The number of nitrogens with zero attached hydrogens (tertiary/aromatic N) is 4. The Hall–Kier alpha value is -4.36. The lowest BCUT2D eigenvalue weighted by Crippen LogP contribution is -2.37. The number of carbonyl (C=O) groups is 2. The van der Waals surface area contributed by atoms with Gasteiger partial charge in [-0.3, -0.25) is 9.59 Å². The summed E-state index contributed by atoms with van der Waals surface area (Å²) in [5.74, 6) is 0.870. The summed E-state index contributed by atoms with van der Waals surface area (Å²) in [6, 6.07) is 14.5. The van der Waals surface area contributed by atoms with Crippen molar-refractivity contribution in [2.24, 2.45) is 0 Å². The van der Waals surface area contributed by atoms with Crippen molar-refractivity contribution in [2.75, 3.05) is 28.7 Å². The summed E-state index contributed by atoms with van der Waals surface area (Å²) >= 11 is 6.31. The van der Waals surface area contributed by atoms with Crippen molar-refractivity contribution >= 4 is 52.2 Å². The van der Waals surface area contributed by atoms with Gasteiger partial charge in [-0.2, -0.15) is 10.2 Å². The summed E-state index contributed by atoms with van der Waals surface area (Å²) in [4.78, 5) is 34.4. The molecule has 1 aromatic heterocycles. The minimum atomic E-state index is -0.127. The number of nitriles is 1. The zero-order valence-electron chi connectivity index (χ0n) is 18.8. The smallest absolute Gasteiger partial charge is 0.229 e. The van der Waals surface area contributed by atoms with E-state index < -0.39 is 0 Å². The molecule has 0 spiro atoms. The van der Waals surface area contributed by atoms with E-state index in [2.05, 4.69) is 25.9 Å². The summed E-state index contributed by atoms with van der Waals surface area (Å²) in [5.41, 5.74) is 2.80. The van der Waals surface area contributed by atoms with Crippen molar-refractivity contribution in [3.05, 3.63) is 59.2 Å². The fourth-order valence-electron chi connectivity index (χ4n) is 3.59. The van der Waals surface area contributed by atoms with Gasteiger partial charge in [0.25, 0.3) is 0 Å². The first-order valence-corrected chi connectivity index (χ1v) is 11.2. The van der Waals surface area contributed by atoms with Crippen LogP contribution in [0.25, 0.3) is 0 Å². The standard InChI is InChI=1S/C24H22ClN7O3/c1-15(33)32-10-8-22(34)27-13-16-12-17(6-7-20(16)32)29-24-28-14-18(25)23(31-24)30-19-4-2-3-5-21(19)35-11-9-26/h2-7,12,14H,8,10-11,13H2,1H3,(H,27,34)(H2,28,29,30,31). The highest BCUT2D eigenvalue weighted by atomic mass is 35.5. The van der Waals surface area contributed by atoms with Gasteiger partial charge in [0.1, 0.15) is 16.8 Å². The Morgan fingerprint density at radius 3 is 2.91 bits per heavy atom. The molecule has 11 heteroatoms. The molecule has 0 bridgehead atoms. The van der Waals surface area contributed by atoms with E-state index in [9.17, 15) is 9.59 Å². The molecule has 10 nitrogen and oxygen atoms in total. The van der Waals surface area contributed by atoms with Crippen molar-refractivity contribution in [3.63, 3.8) is 0 Å². The molecule has 3 N–H and O–H groups in total. The number of para-hydroxylation sites is 2. The van der Waals surface area contributed by atoms with Crippen LogP contribution in [0.15, 0.2) is 48.7 Å². The van der Waals surface area contributed by atoms with Gasteiger partial charge in [0.2, 0.25) is 17.8 Å². The van der Waals surface area contributed by atoms with E-state index >= 15 is 0 Å². The number of amides is 2. The van der Waals surface area contributed by atoms with Crippen LogP contribution in [0, 0.1) is 11.3 Å². The SMILES string of the molecule is CC(=O)N1CCC(=O)NCc2cc(Nc3ncc(Cl)c(Nc4ccccc4OCC#N)n3)ccc21. The predicted molar refractivity (Wildman–Crippen MR) is 132 cm³/mol. The normalized spacial score (nSPS) is 12.9. The van der Waals surface area contributed by atoms with E-state index in [1.54, 1.807) is 23.1 Å². The van der Waals surface area contributed by atoms with Crippen LogP contribution in [-0.2, 0) is 16.1 Å². The number of halogens is 1. The second-order valence-corrected chi connectivity index (χ2v) is 8.03. The third kappa shape index (κ3) is 5.77. The molecule has 3 aromatic rings. The first kappa shape index (κ1) is 23.8. The van der Waals surface area contributed by atoms with E-state index in [0.29, 0.717) is 41.1 Å². The number of hydrogen-bond acceptors (Lipinski definition) is 8. The minimum absolute atomic E-state index is 0.0944. The Labute approximate surface area is 206 Å². The van der Waals surface area contributed by atoms with Crippen molar-refractivity contribution in [3.8, 4) is 11.8 Å². The number of aromatic nitrogens is 2. The highest BCUT2D eigenvalue weighted by molar-refractivity contribution is 6.33. The fraction of sp³-hybridized carbons (Fsp3) is 0.208. The summed E-state index contributed by atoms with van der Waals surface area (Å²) in [5, 5.41) is 18.2. The fourth-order valence-corrected chi connectivity index (χ4v) is 3.73. The van der Waals surface area contributed by atoms with Gasteiger partial charge in [0, 0.05) is 37.8 Å². The van der Waals surface area contributed by atoms with Crippen molar-refractivity contribution in [1.29, 1.82) is 5.26 Å². The molecular formula is C24H22ClN7O3. The molecule has 1 aliphatic heterocycles. The molecule has 0 fully saturated rings. The van der Waals surface area contributed by atoms with Crippen LogP contribution in [0.2, 0.25) is 5.02 Å². The lowest BCUT2D eigenvalue weighted by molar-refractivity contribution is -0.121. The van der Waals surface area contributed by atoms with Crippen LogP contribution in [0.3, 0.4) is 0 Å². The molecule has 0 atom stereocenters. The van der Waals surface area contributed by atoms with Gasteiger partial charge in [-0.1, -0.05) is 23.7 Å². The van der Waals surface area contributed by atoms with Crippen LogP contribution < -0.4 is 25.6 Å². The largest absolute Gasteiger partial charge is 0.477 e. The number of nitrogens with one attached hydrogen (secondary N) is 3. The van der Waals surface area contributed by atoms with Gasteiger partial charge in [-0.05, 0) is 35.9 Å². The van der Waals surface area contributed by atoms with E-state index in [1.807, 2.05) is 30.3 Å². The topological polar surface area (TPSA) is 132 Å². The second kappa shape index (κ2) is 10.7. The molecule has 178 valence electrons. The number of benzene rings is 2. The Balaban J connectivity index is 1.58. The molecule has 2 heterocycles. The predicted octanol–water partition coefficient (Wildman–Crippen LogP) is 3.89. The Morgan fingerprint density at radius 1 is 1.29 bits per heavy atom. The Kier molecular flexibility index (Phi) is 7.28. The maximum atomic E-state index is 12.1. The quantitative estimate of drug-likeness (QED) is 0.473. The molecule has 0 aliphatic carbocycles. The average Bonchev–Trinajstić information content (AvgIpc) is 2.84.